The molecule has 3 heteroatoms. The predicted molar refractivity (Wildman–Crippen MR) is 98.0 cm³/mol. The summed E-state index contributed by atoms with van der Waals surface area (Å²) in [5, 5.41) is 3.45. The van der Waals surface area contributed by atoms with Crippen molar-refractivity contribution in [2.45, 2.75) is 39.5 Å². The van der Waals surface area contributed by atoms with Gasteiger partial charge in [-0.05, 0) is 70.3 Å². The molecule has 0 spiro atoms. The quantitative estimate of drug-likeness (QED) is 0.847. The van der Waals surface area contributed by atoms with Crippen molar-refractivity contribution in [3.05, 3.63) is 59.7 Å². The number of ether oxygens (including phenoxy) is 1. The Balaban J connectivity index is 1.88. The second-order valence-corrected chi connectivity index (χ2v) is 7.15. The number of benzene rings is 2. The van der Waals surface area contributed by atoms with E-state index in [4.69, 9.17) is 4.74 Å². The third-order valence-electron chi connectivity index (χ3n) is 3.30. The molecule has 0 aromatic heterocycles. The van der Waals surface area contributed by atoms with E-state index in [1.807, 2.05) is 12.1 Å². The molecule has 0 heterocycles. The van der Waals surface area contributed by atoms with E-state index < -0.39 is 0 Å². The average Bonchev–Trinajstić information content (AvgIpc) is 2.46. The Morgan fingerprint density at radius 3 is 1.96 bits per heavy atom. The minimum absolute atomic E-state index is 0.159. The van der Waals surface area contributed by atoms with E-state index in [0.29, 0.717) is 0 Å². The van der Waals surface area contributed by atoms with Crippen molar-refractivity contribution in [3.63, 3.8) is 0 Å². The van der Waals surface area contributed by atoms with E-state index in [0.717, 1.165) is 24.5 Å². The van der Waals surface area contributed by atoms with Crippen molar-refractivity contribution in [2.24, 2.45) is 0 Å². The van der Waals surface area contributed by atoms with E-state index in [9.17, 15) is 0 Å². The largest absolute Gasteiger partial charge is 0.488 e. The maximum Gasteiger partial charge on any atom is 0.120 e. The predicted octanol–water partition coefficient (Wildman–Crippen LogP) is 4.54. The van der Waals surface area contributed by atoms with Crippen molar-refractivity contribution in [2.75, 3.05) is 19.4 Å². The highest BCUT2D eigenvalue weighted by Gasteiger charge is 2.11. The van der Waals surface area contributed by atoms with Crippen LogP contribution in [0.15, 0.2) is 48.5 Å². The van der Waals surface area contributed by atoms with Crippen LogP contribution in [0.1, 0.15) is 31.9 Å². The second-order valence-electron chi connectivity index (χ2n) is 7.15. The van der Waals surface area contributed by atoms with Crippen LogP contribution in [0.25, 0.3) is 0 Å². The Kier molecular flexibility index (Phi) is 5.67. The van der Waals surface area contributed by atoms with Gasteiger partial charge in [0.1, 0.15) is 11.4 Å². The number of hydrogen-bond acceptors (Lipinski definition) is 3. The SMILES string of the molecule is CN(C)Cc1ccc(NCc2ccc(OC(C)(C)C)cc2)cc1. The maximum absolute atomic E-state index is 5.84. The second kappa shape index (κ2) is 7.51. The van der Waals surface area contributed by atoms with Crippen molar-refractivity contribution < 1.29 is 4.74 Å². The Labute approximate surface area is 140 Å². The van der Waals surface area contributed by atoms with Crippen molar-refractivity contribution in [1.82, 2.24) is 4.90 Å². The molecule has 0 aliphatic heterocycles. The van der Waals surface area contributed by atoms with Gasteiger partial charge in [-0.1, -0.05) is 24.3 Å². The monoisotopic (exact) mass is 312 g/mol. The van der Waals surface area contributed by atoms with Crippen LogP contribution < -0.4 is 10.1 Å². The first-order valence-corrected chi connectivity index (χ1v) is 8.07. The zero-order chi connectivity index (χ0) is 16.9. The summed E-state index contributed by atoms with van der Waals surface area (Å²) in [5.74, 6) is 0.911. The lowest BCUT2D eigenvalue weighted by Gasteiger charge is -2.21. The molecule has 0 amide bonds. The summed E-state index contributed by atoms with van der Waals surface area (Å²) in [6, 6.07) is 16.9. The van der Waals surface area contributed by atoms with Gasteiger partial charge in [-0.2, -0.15) is 0 Å². The molecule has 2 rings (SSSR count). The molecule has 124 valence electrons. The molecular weight excluding hydrogens is 284 g/mol. The van der Waals surface area contributed by atoms with Gasteiger partial charge >= 0.3 is 0 Å². The van der Waals surface area contributed by atoms with Crippen molar-refractivity contribution in [1.29, 1.82) is 0 Å². The van der Waals surface area contributed by atoms with Crippen LogP contribution in [0.3, 0.4) is 0 Å². The van der Waals surface area contributed by atoms with Crippen LogP contribution in [0, 0.1) is 0 Å². The molecule has 0 aliphatic carbocycles. The molecule has 0 saturated carbocycles. The van der Waals surface area contributed by atoms with Gasteiger partial charge in [-0.25, -0.2) is 0 Å². The summed E-state index contributed by atoms with van der Waals surface area (Å²) in [7, 11) is 4.17. The summed E-state index contributed by atoms with van der Waals surface area (Å²) in [6.45, 7) is 7.95. The summed E-state index contributed by atoms with van der Waals surface area (Å²) in [5.41, 5.74) is 3.55. The van der Waals surface area contributed by atoms with Gasteiger partial charge in [0.2, 0.25) is 0 Å². The standard InChI is InChI=1S/C20H28N2O/c1-20(2,3)23-19-12-8-16(9-13-19)14-21-18-10-6-17(7-11-18)15-22(4)5/h6-13,21H,14-15H2,1-5H3. The van der Waals surface area contributed by atoms with Crippen molar-refractivity contribution >= 4 is 5.69 Å². The van der Waals surface area contributed by atoms with Gasteiger partial charge in [0, 0.05) is 18.8 Å². The smallest absolute Gasteiger partial charge is 0.120 e. The Bertz CT molecular complexity index is 595. The number of nitrogens with one attached hydrogen (secondary N) is 1. The molecule has 0 bridgehead atoms. The topological polar surface area (TPSA) is 24.5 Å². The van der Waals surface area contributed by atoms with Crippen LogP contribution in [0.5, 0.6) is 5.75 Å². The van der Waals surface area contributed by atoms with Crippen LogP contribution in [0.2, 0.25) is 0 Å². The first-order valence-electron chi connectivity index (χ1n) is 8.07. The first kappa shape index (κ1) is 17.4. The van der Waals surface area contributed by atoms with Crippen LogP contribution >= 0.6 is 0 Å². The number of nitrogens with zero attached hydrogens (tertiary/aromatic N) is 1. The molecular formula is C20H28N2O. The van der Waals surface area contributed by atoms with Gasteiger partial charge in [0.05, 0.1) is 0 Å². The zero-order valence-corrected chi connectivity index (χ0v) is 14.9. The lowest BCUT2D eigenvalue weighted by molar-refractivity contribution is 0.131. The number of hydrogen-bond donors (Lipinski definition) is 1. The van der Waals surface area contributed by atoms with Gasteiger partial charge < -0.3 is 15.0 Å². The Hall–Kier alpha value is -2.00. The first-order chi connectivity index (χ1) is 10.8. The fraction of sp³-hybridized carbons (Fsp3) is 0.400. The lowest BCUT2D eigenvalue weighted by Crippen LogP contribution is -2.22. The summed E-state index contributed by atoms with van der Waals surface area (Å²) < 4.78 is 5.84. The van der Waals surface area contributed by atoms with Crippen LogP contribution in [-0.4, -0.2) is 24.6 Å². The van der Waals surface area contributed by atoms with E-state index in [1.165, 1.54) is 11.1 Å². The Morgan fingerprint density at radius 2 is 1.43 bits per heavy atom. The molecule has 0 fully saturated rings. The molecule has 2 aromatic rings. The minimum Gasteiger partial charge on any atom is -0.488 e. The summed E-state index contributed by atoms with van der Waals surface area (Å²) in [4.78, 5) is 2.17. The Morgan fingerprint density at radius 1 is 0.870 bits per heavy atom. The van der Waals surface area contributed by atoms with E-state index >= 15 is 0 Å². The average molecular weight is 312 g/mol. The third kappa shape index (κ3) is 6.33. The highest BCUT2D eigenvalue weighted by atomic mass is 16.5. The van der Waals surface area contributed by atoms with Crippen LogP contribution in [-0.2, 0) is 13.1 Å². The van der Waals surface area contributed by atoms with Gasteiger partial charge in [0.15, 0.2) is 0 Å². The molecule has 0 atom stereocenters. The molecule has 2 aromatic carbocycles. The third-order valence-corrected chi connectivity index (χ3v) is 3.30. The van der Waals surface area contributed by atoms with Crippen molar-refractivity contribution in [3.8, 4) is 5.75 Å². The van der Waals surface area contributed by atoms with E-state index in [2.05, 4.69) is 81.5 Å². The normalized spacial score (nSPS) is 11.6. The zero-order valence-electron chi connectivity index (χ0n) is 14.9. The summed E-state index contributed by atoms with van der Waals surface area (Å²) in [6.07, 6.45) is 0. The minimum atomic E-state index is -0.159. The molecule has 0 radical (unpaired) electrons. The van der Waals surface area contributed by atoms with E-state index in [1.54, 1.807) is 0 Å². The fourth-order valence-electron chi connectivity index (χ4n) is 2.33. The van der Waals surface area contributed by atoms with E-state index in [-0.39, 0.29) is 5.60 Å². The highest BCUT2D eigenvalue weighted by molar-refractivity contribution is 5.45. The lowest BCUT2D eigenvalue weighted by atomic mass is 10.1. The molecule has 1 N–H and O–H groups in total. The highest BCUT2D eigenvalue weighted by Crippen LogP contribution is 2.19. The number of rotatable bonds is 6. The van der Waals surface area contributed by atoms with Gasteiger partial charge in [0.25, 0.3) is 0 Å². The molecule has 0 saturated heterocycles. The number of anilines is 1. The van der Waals surface area contributed by atoms with Gasteiger partial charge in [-0.3, -0.25) is 0 Å². The fourth-order valence-corrected chi connectivity index (χ4v) is 2.33. The summed E-state index contributed by atoms with van der Waals surface area (Å²) >= 11 is 0. The molecule has 0 aliphatic rings. The molecule has 23 heavy (non-hydrogen) atoms. The molecule has 3 nitrogen and oxygen atoms in total. The van der Waals surface area contributed by atoms with Crippen LogP contribution in [0.4, 0.5) is 5.69 Å². The maximum atomic E-state index is 5.84. The molecule has 0 unspecified atom stereocenters. The van der Waals surface area contributed by atoms with Gasteiger partial charge in [-0.15, -0.1) is 0 Å².